The Bertz CT molecular complexity index is 1460. The van der Waals surface area contributed by atoms with Crippen molar-refractivity contribution in [1.29, 1.82) is 0 Å². The molecule has 2 N–H and O–H groups in total. The molecular weight excluding hydrogens is 584 g/mol. The van der Waals surface area contributed by atoms with Crippen LogP contribution in [-0.4, -0.2) is 78.6 Å². The molecule has 7 heteroatoms. The zero-order valence-corrected chi connectivity index (χ0v) is 28.3. The molecule has 2 aromatic rings. The predicted molar refractivity (Wildman–Crippen MR) is 180 cm³/mol. The van der Waals surface area contributed by atoms with Crippen molar-refractivity contribution in [1.82, 2.24) is 9.80 Å². The van der Waals surface area contributed by atoms with E-state index in [0.717, 1.165) is 32.2 Å². The Morgan fingerprint density at radius 3 is 1.71 bits per heavy atom. The average Bonchev–Trinajstić information content (AvgIpc) is 3.57. The number of benzene rings is 2. The first-order valence-electron chi connectivity index (χ1n) is 16.8. The lowest BCUT2D eigenvalue weighted by Gasteiger charge is -2.56. The molecule has 10 rings (SSSR count). The van der Waals surface area contributed by atoms with Crippen molar-refractivity contribution in [2.45, 2.75) is 81.6 Å². The van der Waals surface area contributed by atoms with E-state index in [1.165, 1.54) is 41.8 Å². The summed E-state index contributed by atoms with van der Waals surface area (Å²) < 4.78 is 12.9. The fourth-order valence-electron chi connectivity index (χ4n) is 11.2. The number of hydrogen-bond acceptors (Lipinski definition) is 6. The van der Waals surface area contributed by atoms with Crippen molar-refractivity contribution in [2.24, 2.45) is 23.7 Å². The zero-order valence-electron chi connectivity index (χ0n) is 27.5. The molecule has 10 atom stereocenters. The lowest BCUT2D eigenvalue weighted by atomic mass is 9.52. The first-order chi connectivity index (χ1) is 21.3. The Morgan fingerprint density at radius 2 is 1.18 bits per heavy atom. The van der Waals surface area contributed by atoms with E-state index in [1.807, 2.05) is 6.07 Å². The summed E-state index contributed by atoms with van der Waals surface area (Å²) >= 11 is 0. The van der Waals surface area contributed by atoms with Crippen LogP contribution in [0.5, 0.6) is 17.2 Å². The van der Waals surface area contributed by atoms with Crippen molar-refractivity contribution in [2.75, 3.05) is 34.3 Å². The Hall–Kier alpha value is -2.51. The van der Waals surface area contributed by atoms with Crippen molar-refractivity contribution in [3.8, 4) is 17.2 Å². The van der Waals surface area contributed by atoms with Crippen LogP contribution in [0.15, 0.2) is 48.6 Å². The molecule has 0 radical (unpaired) electrons. The number of piperidine rings is 2. The Kier molecular flexibility index (Phi) is 7.44. The molecule has 2 spiro atoms. The SMILES string of the molecule is CO.C[C@H]1C=CC2[C@H]3Cc4ccc(O)c5c4[C@@]2(CCN3C)[C@H]1O5.Cc1ccc2c3c1O[C@H]1[C@@H](C)C=CC4[C@@H](C2)N(C)CC[C@@]341.Cl. The molecule has 6 nitrogen and oxygen atoms in total. The van der Waals surface area contributed by atoms with Gasteiger partial charge in [0.05, 0.1) is 0 Å². The monoisotopic (exact) mass is 632 g/mol. The molecular formula is C38H49ClN2O4. The maximum Gasteiger partial charge on any atom is 0.165 e. The summed E-state index contributed by atoms with van der Waals surface area (Å²) in [5, 5.41) is 17.3. The summed E-state index contributed by atoms with van der Waals surface area (Å²) in [4.78, 5) is 5.09. The molecule has 0 saturated carbocycles. The van der Waals surface area contributed by atoms with Crippen LogP contribution in [0.3, 0.4) is 0 Å². The van der Waals surface area contributed by atoms with Crippen LogP contribution < -0.4 is 9.47 Å². The van der Waals surface area contributed by atoms with Crippen LogP contribution >= 0.6 is 12.4 Å². The number of nitrogens with zero attached hydrogens (tertiary/aromatic N) is 2. The molecule has 0 amide bonds. The van der Waals surface area contributed by atoms with Gasteiger partial charge in [0.2, 0.25) is 0 Å². The standard InChI is InChI=1S/C19H23NO.C18H21NO2.CH4O.ClH/c1-11-4-6-13-10-15-14-7-5-12(2)18-19(14,8-9-20(15)3)16(13)17(11)21-18;1-10-3-5-12-13-9-11-4-6-14(20)16-15(11)18(12,17(10)21-16)7-8-19(13)2;1-2;/h4-7,12,14-15,18H,8-10H2,1-3H3;3-6,10,12-13,17,20H,7-9H2,1-2H3;2H,1H3;1H/t12-,14?,15+,18-,19-;10-,12?,13+,17-,18-;;/m00../s1. The summed E-state index contributed by atoms with van der Waals surface area (Å²) in [6.45, 7) is 9.11. The van der Waals surface area contributed by atoms with Gasteiger partial charge in [-0.1, -0.05) is 56.4 Å². The number of hydrogen-bond donors (Lipinski definition) is 2. The molecule has 2 aromatic carbocycles. The molecule has 4 heterocycles. The van der Waals surface area contributed by atoms with Crippen molar-refractivity contribution < 1.29 is 19.7 Å². The number of aliphatic hydroxyl groups excluding tert-OH is 1. The third kappa shape index (κ3) is 3.86. The number of aryl methyl sites for hydroxylation is 1. The summed E-state index contributed by atoms with van der Waals surface area (Å²) in [6.07, 6.45) is 14.9. The number of aromatic hydroxyl groups is 1. The molecule has 4 bridgehead atoms. The topological polar surface area (TPSA) is 65.4 Å². The number of ether oxygens (including phenoxy) is 2. The molecule has 4 aliphatic heterocycles. The number of halogens is 1. The molecule has 4 aliphatic carbocycles. The zero-order chi connectivity index (χ0) is 30.7. The first kappa shape index (κ1) is 31.1. The van der Waals surface area contributed by atoms with Gasteiger partial charge in [0.1, 0.15) is 18.0 Å². The molecule has 242 valence electrons. The minimum atomic E-state index is 0. The lowest BCUT2D eigenvalue weighted by molar-refractivity contribution is -0.0143. The van der Waals surface area contributed by atoms with Crippen LogP contribution in [0.1, 0.15) is 54.5 Å². The van der Waals surface area contributed by atoms with E-state index < -0.39 is 0 Å². The van der Waals surface area contributed by atoms with Crippen molar-refractivity contribution >= 4 is 12.4 Å². The number of aliphatic hydroxyl groups is 1. The molecule has 2 saturated heterocycles. The minimum Gasteiger partial charge on any atom is -0.504 e. The van der Waals surface area contributed by atoms with Gasteiger partial charge in [-0.2, -0.15) is 0 Å². The Morgan fingerprint density at radius 1 is 0.711 bits per heavy atom. The second-order valence-corrected chi connectivity index (χ2v) is 14.9. The van der Waals surface area contributed by atoms with Crippen LogP contribution in [-0.2, 0) is 23.7 Å². The minimum absolute atomic E-state index is 0. The maximum atomic E-state index is 10.3. The molecule has 2 unspecified atom stereocenters. The van der Waals surface area contributed by atoms with Crippen LogP contribution in [0.4, 0.5) is 0 Å². The Balaban J connectivity index is 0.000000134. The van der Waals surface area contributed by atoms with Gasteiger partial charge < -0.3 is 29.5 Å². The normalized spacial score (nSPS) is 39.9. The molecule has 2 fully saturated rings. The van der Waals surface area contributed by atoms with E-state index in [2.05, 4.69) is 87.2 Å². The highest BCUT2D eigenvalue weighted by atomic mass is 35.5. The van der Waals surface area contributed by atoms with E-state index in [4.69, 9.17) is 14.6 Å². The van der Waals surface area contributed by atoms with Crippen molar-refractivity contribution in [3.05, 3.63) is 76.4 Å². The van der Waals surface area contributed by atoms with E-state index in [0.29, 0.717) is 47.6 Å². The van der Waals surface area contributed by atoms with Gasteiger partial charge in [-0.25, -0.2) is 0 Å². The number of likely N-dealkylation sites (N-methyl/N-ethyl adjacent to an activating group) is 2. The largest absolute Gasteiger partial charge is 0.504 e. The lowest BCUT2D eigenvalue weighted by Crippen LogP contribution is -2.63. The number of likely N-dealkylation sites (tertiary alicyclic amines) is 2. The summed E-state index contributed by atoms with van der Waals surface area (Å²) in [6, 6.07) is 9.78. The second-order valence-electron chi connectivity index (χ2n) is 14.9. The van der Waals surface area contributed by atoms with Gasteiger partial charge in [0.25, 0.3) is 0 Å². The summed E-state index contributed by atoms with van der Waals surface area (Å²) in [7, 11) is 5.55. The molecule has 45 heavy (non-hydrogen) atoms. The van der Waals surface area contributed by atoms with Gasteiger partial charge in [0.15, 0.2) is 11.5 Å². The van der Waals surface area contributed by atoms with E-state index in [9.17, 15) is 5.11 Å². The van der Waals surface area contributed by atoms with E-state index >= 15 is 0 Å². The summed E-state index contributed by atoms with van der Waals surface area (Å²) in [5.41, 5.74) is 7.51. The first-order valence-corrected chi connectivity index (χ1v) is 16.8. The highest BCUT2D eigenvalue weighted by Gasteiger charge is 2.64. The number of rotatable bonds is 0. The fraction of sp³-hybridized carbons (Fsp3) is 0.579. The van der Waals surface area contributed by atoms with E-state index in [-0.39, 0.29) is 29.3 Å². The third-order valence-electron chi connectivity index (χ3n) is 13.1. The van der Waals surface area contributed by atoms with Gasteiger partial charge in [0, 0.05) is 64.8 Å². The smallest absolute Gasteiger partial charge is 0.165 e. The fourth-order valence-corrected chi connectivity index (χ4v) is 11.2. The average molecular weight is 633 g/mol. The summed E-state index contributed by atoms with van der Waals surface area (Å²) in [5.74, 6) is 4.40. The highest BCUT2D eigenvalue weighted by Crippen LogP contribution is 2.64. The molecule has 8 aliphatic rings. The Labute approximate surface area is 274 Å². The van der Waals surface area contributed by atoms with Gasteiger partial charge >= 0.3 is 0 Å². The van der Waals surface area contributed by atoms with Gasteiger partial charge in [-0.05, 0) is 82.5 Å². The van der Waals surface area contributed by atoms with E-state index in [1.54, 1.807) is 11.1 Å². The number of phenols is 1. The van der Waals surface area contributed by atoms with Crippen LogP contribution in [0, 0.1) is 30.6 Å². The number of phenolic OH excluding ortho intramolecular Hbond substituents is 1. The quantitative estimate of drug-likeness (QED) is 0.370. The second kappa shape index (κ2) is 10.8. The third-order valence-corrected chi connectivity index (χ3v) is 13.1. The maximum absolute atomic E-state index is 10.3. The predicted octanol–water partition coefficient (Wildman–Crippen LogP) is 5.58. The van der Waals surface area contributed by atoms with Gasteiger partial charge in [-0.3, -0.25) is 0 Å². The molecule has 0 aromatic heterocycles. The van der Waals surface area contributed by atoms with Crippen LogP contribution in [0.25, 0.3) is 0 Å². The van der Waals surface area contributed by atoms with Gasteiger partial charge in [-0.15, -0.1) is 12.4 Å². The highest BCUT2D eigenvalue weighted by molar-refractivity contribution is 5.85. The van der Waals surface area contributed by atoms with Crippen LogP contribution in [0.2, 0.25) is 0 Å². The van der Waals surface area contributed by atoms with Crippen molar-refractivity contribution in [3.63, 3.8) is 0 Å².